The molecule has 2 heterocycles. The topological polar surface area (TPSA) is 33.7 Å². The fraction of sp³-hybridized carbons (Fsp3) is 0.316. The quantitative estimate of drug-likeness (QED) is 0.781. The van der Waals surface area contributed by atoms with E-state index in [2.05, 4.69) is 19.2 Å². The largest absolute Gasteiger partial charge is 0.495 e. The summed E-state index contributed by atoms with van der Waals surface area (Å²) >= 11 is 11.9. The lowest BCUT2D eigenvalue weighted by Crippen LogP contribution is -2.69. The summed E-state index contributed by atoms with van der Waals surface area (Å²) in [6.45, 7) is 4.23. The Hall–Kier alpha value is -1.98. The number of fused-ring (bicyclic) bond motifs is 4. The van der Waals surface area contributed by atoms with Crippen LogP contribution in [0.4, 0.5) is 5.69 Å². The van der Waals surface area contributed by atoms with Crippen molar-refractivity contribution >= 4 is 34.6 Å². The Balaban J connectivity index is 1.87. The molecule has 2 bridgehead atoms. The Kier molecular flexibility index (Phi) is 3.81. The molecule has 0 aromatic heterocycles. The molecule has 2 aliphatic rings. The van der Waals surface area contributed by atoms with Gasteiger partial charge in [0.15, 0.2) is 10.8 Å². The van der Waals surface area contributed by atoms with Crippen LogP contribution < -0.4 is 19.7 Å². The second-order valence-corrected chi connectivity index (χ2v) is 7.39. The highest BCUT2D eigenvalue weighted by Gasteiger charge is 2.54. The predicted molar refractivity (Wildman–Crippen MR) is 104 cm³/mol. The molecule has 3 unspecified atom stereocenters. The van der Waals surface area contributed by atoms with Crippen molar-refractivity contribution in [2.24, 2.45) is 5.92 Å². The van der Waals surface area contributed by atoms with Gasteiger partial charge < -0.3 is 14.8 Å². The van der Waals surface area contributed by atoms with E-state index in [9.17, 15) is 0 Å². The summed E-state index contributed by atoms with van der Waals surface area (Å²) in [7, 11) is 1.66. The van der Waals surface area contributed by atoms with E-state index >= 15 is 0 Å². The number of hydrogen-bond donors (Lipinski definition) is 1. The third-order valence-corrected chi connectivity index (χ3v) is 5.76. The van der Waals surface area contributed by atoms with E-state index in [1.54, 1.807) is 7.11 Å². The zero-order valence-corrected chi connectivity index (χ0v) is 15.8. The fourth-order valence-corrected chi connectivity index (χ4v) is 4.35. The van der Waals surface area contributed by atoms with Gasteiger partial charge in [-0.3, -0.25) is 4.90 Å². The molecule has 1 saturated heterocycles. The summed E-state index contributed by atoms with van der Waals surface area (Å²) in [6, 6.07) is 13.6. The van der Waals surface area contributed by atoms with Gasteiger partial charge in [-0.1, -0.05) is 30.7 Å². The molecule has 1 fully saturated rings. The Morgan fingerprint density at radius 2 is 2.04 bits per heavy atom. The zero-order valence-electron chi connectivity index (χ0n) is 14.2. The smallest absolute Gasteiger partial charge is 0.191 e. The van der Waals surface area contributed by atoms with Gasteiger partial charge in [-0.05, 0) is 49.5 Å². The van der Waals surface area contributed by atoms with Gasteiger partial charge >= 0.3 is 0 Å². The molecular weight excluding hydrogens is 356 g/mol. The molecule has 0 radical (unpaired) electrons. The number of benzene rings is 2. The lowest BCUT2D eigenvalue weighted by molar-refractivity contribution is -0.00342. The van der Waals surface area contributed by atoms with Crippen LogP contribution in [-0.2, 0) is 0 Å². The van der Waals surface area contributed by atoms with E-state index in [0.717, 1.165) is 22.7 Å². The average molecular weight is 375 g/mol. The van der Waals surface area contributed by atoms with Crippen molar-refractivity contribution in [1.29, 1.82) is 0 Å². The van der Waals surface area contributed by atoms with Crippen molar-refractivity contribution in [2.45, 2.75) is 25.6 Å². The van der Waals surface area contributed by atoms with Crippen LogP contribution in [-0.4, -0.2) is 17.9 Å². The van der Waals surface area contributed by atoms with Gasteiger partial charge in [-0.2, -0.15) is 0 Å². The molecule has 0 aliphatic carbocycles. The standard InChI is InChI=1S/C19H19ClN2O2S/c1-11-17-13-10-12(20)8-9-15(13)24-19(11,2)22(18(25)21-17)14-6-4-5-7-16(14)23-3/h4-11,17H,1-3H3,(H,21,25). The van der Waals surface area contributed by atoms with E-state index in [1.807, 2.05) is 47.4 Å². The van der Waals surface area contributed by atoms with Crippen molar-refractivity contribution < 1.29 is 9.47 Å². The lowest BCUT2D eigenvalue weighted by atomic mass is 9.80. The molecule has 4 rings (SSSR count). The van der Waals surface area contributed by atoms with Gasteiger partial charge in [0.2, 0.25) is 0 Å². The lowest BCUT2D eigenvalue weighted by Gasteiger charge is -2.56. The third-order valence-electron chi connectivity index (χ3n) is 5.22. The van der Waals surface area contributed by atoms with Crippen molar-refractivity contribution in [1.82, 2.24) is 5.32 Å². The number of hydrogen-bond acceptors (Lipinski definition) is 3. The molecule has 4 nitrogen and oxygen atoms in total. The molecule has 2 aromatic carbocycles. The maximum atomic E-state index is 6.48. The van der Waals surface area contributed by atoms with Gasteiger partial charge in [-0.15, -0.1) is 0 Å². The molecule has 25 heavy (non-hydrogen) atoms. The normalized spacial score (nSPS) is 27.2. The molecule has 6 heteroatoms. The number of nitrogens with zero attached hydrogens (tertiary/aromatic N) is 1. The first-order valence-electron chi connectivity index (χ1n) is 8.18. The summed E-state index contributed by atoms with van der Waals surface area (Å²) in [4.78, 5) is 2.01. The highest BCUT2D eigenvalue weighted by Crippen LogP contribution is 2.50. The number of thiocarbonyl (C=S) groups is 1. The molecular formula is C19H19ClN2O2S. The summed E-state index contributed by atoms with van der Waals surface area (Å²) in [6.07, 6.45) is 0. The molecule has 3 atom stereocenters. The monoisotopic (exact) mass is 374 g/mol. The number of rotatable bonds is 2. The van der Waals surface area contributed by atoms with Gasteiger partial charge in [0.1, 0.15) is 11.5 Å². The third kappa shape index (κ3) is 2.37. The summed E-state index contributed by atoms with van der Waals surface area (Å²) in [5, 5.41) is 4.77. The number of para-hydroxylation sites is 2. The minimum atomic E-state index is -0.636. The van der Waals surface area contributed by atoms with Crippen LogP contribution in [0.15, 0.2) is 42.5 Å². The summed E-state index contributed by atoms with van der Waals surface area (Å²) < 4.78 is 12.0. The van der Waals surface area contributed by atoms with E-state index in [1.165, 1.54) is 0 Å². The number of halogens is 1. The molecule has 2 aliphatic heterocycles. The van der Waals surface area contributed by atoms with Gasteiger partial charge in [-0.25, -0.2) is 0 Å². The second-order valence-electron chi connectivity index (χ2n) is 6.56. The van der Waals surface area contributed by atoms with Crippen LogP contribution in [0.2, 0.25) is 5.02 Å². The molecule has 0 spiro atoms. The molecule has 0 saturated carbocycles. The summed E-state index contributed by atoms with van der Waals surface area (Å²) in [5.41, 5.74) is 1.29. The number of nitrogens with one attached hydrogen (secondary N) is 1. The van der Waals surface area contributed by atoms with Crippen LogP contribution in [0, 0.1) is 5.92 Å². The maximum Gasteiger partial charge on any atom is 0.191 e. The Labute approximate surface area is 157 Å². The fourth-order valence-electron chi connectivity index (χ4n) is 3.76. The zero-order chi connectivity index (χ0) is 17.8. The van der Waals surface area contributed by atoms with Gasteiger partial charge in [0.05, 0.1) is 18.8 Å². The molecule has 1 N–H and O–H groups in total. The van der Waals surface area contributed by atoms with Crippen LogP contribution in [0.25, 0.3) is 0 Å². The Bertz CT molecular complexity index is 859. The van der Waals surface area contributed by atoms with Crippen LogP contribution in [0.3, 0.4) is 0 Å². The minimum Gasteiger partial charge on any atom is -0.495 e. The second kappa shape index (κ2) is 5.78. The first-order valence-corrected chi connectivity index (χ1v) is 8.96. The van der Waals surface area contributed by atoms with E-state index in [-0.39, 0.29) is 12.0 Å². The van der Waals surface area contributed by atoms with Crippen LogP contribution in [0.1, 0.15) is 25.5 Å². The Morgan fingerprint density at radius 3 is 2.80 bits per heavy atom. The summed E-state index contributed by atoms with van der Waals surface area (Å²) in [5.74, 6) is 1.71. The van der Waals surface area contributed by atoms with Crippen LogP contribution in [0.5, 0.6) is 11.5 Å². The Morgan fingerprint density at radius 1 is 1.28 bits per heavy atom. The highest BCUT2D eigenvalue weighted by molar-refractivity contribution is 7.80. The maximum absolute atomic E-state index is 6.48. The van der Waals surface area contributed by atoms with Crippen molar-refractivity contribution in [3.63, 3.8) is 0 Å². The SMILES string of the molecule is COc1ccccc1N1C(=S)NC2c3cc(Cl)ccc3OC1(C)C2C. The van der Waals surface area contributed by atoms with Crippen molar-refractivity contribution in [3.05, 3.63) is 53.1 Å². The molecule has 2 aromatic rings. The first-order chi connectivity index (χ1) is 12.0. The predicted octanol–water partition coefficient (Wildman–Crippen LogP) is 4.53. The number of anilines is 1. The van der Waals surface area contributed by atoms with Crippen molar-refractivity contribution in [3.8, 4) is 11.5 Å². The highest BCUT2D eigenvalue weighted by atomic mass is 35.5. The van der Waals surface area contributed by atoms with Gasteiger partial charge in [0.25, 0.3) is 0 Å². The van der Waals surface area contributed by atoms with Crippen molar-refractivity contribution in [2.75, 3.05) is 12.0 Å². The molecule has 0 amide bonds. The first kappa shape index (κ1) is 16.5. The van der Waals surface area contributed by atoms with Crippen LogP contribution >= 0.6 is 23.8 Å². The van der Waals surface area contributed by atoms with E-state index in [4.69, 9.17) is 33.3 Å². The molecule has 130 valence electrons. The van der Waals surface area contributed by atoms with E-state index < -0.39 is 5.72 Å². The van der Waals surface area contributed by atoms with E-state index in [0.29, 0.717) is 10.1 Å². The number of ether oxygens (including phenoxy) is 2. The van der Waals surface area contributed by atoms with Gasteiger partial charge in [0, 0.05) is 16.5 Å². The number of methoxy groups -OCH3 is 1. The average Bonchev–Trinajstić information content (AvgIpc) is 2.59. The minimum absolute atomic E-state index is 0.0471.